The van der Waals surface area contributed by atoms with Gasteiger partial charge in [0.2, 0.25) is 5.91 Å². The van der Waals surface area contributed by atoms with E-state index in [4.69, 9.17) is 5.26 Å². The Balaban J connectivity index is 2.38. The summed E-state index contributed by atoms with van der Waals surface area (Å²) in [6.07, 6.45) is 1.45. The van der Waals surface area contributed by atoms with Crippen molar-refractivity contribution in [2.24, 2.45) is 0 Å². The molecule has 2 heterocycles. The molecule has 4 nitrogen and oxygen atoms in total. The van der Waals surface area contributed by atoms with Gasteiger partial charge in [-0.1, -0.05) is 19.9 Å². The van der Waals surface area contributed by atoms with Gasteiger partial charge in [0.1, 0.15) is 17.6 Å². The lowest BCUT2D eigenvalue weighted by Gasteiger charge is -2.16. The Bertz CT molecular complexity index is 488. The van der Waals surface area contributed by atoms with E-state index in [1.165, 1.54) is 0 Å². The minimum Gasteiger partial charge on any atom is -0.297 e. The van der Waals surface area contributed by atoms with Gasteiger partial charge in [0.15, 0.2) is 0 Å². The number of nitriles is 1. The molecule has 0 saturated carbocycles. The SMILES string of the molecule is CC(C)c1ccc(N2CCCC2=O)nc1C#N. The predicted octanol–water partition coefficient (Wildman–Crippen LogP) is 2.20. The smallest absolute Gasteiger partial charge is 0.228 e. The zero-order valence-corrected chi connectivity index (χ0v) is 10.1. The highest BCUT2D eigenvalue weighted by Gasteiger charge is 2.23. The summed E-state index contributed by atoms with van der Waals surface area (Å²) in [5.74, 6) is 0.965. The highest BCUT2D eigenvalue weighted by atomic mass is 16.2. The van der Waals surface area contributed by atoms with E-state index in [-0.39, 0.29) is 11.8 Å². The molecule has 17 heavy (non-hydrogen) atoms. The molecule has 0 unspecified atom stereocenters. The summed E-state index contributed by atoms with van der Waals surface area (Å²) in [4.78, 5) is 17.5. The molecule has 1 aromatic heterocycles. The Labute approximate surface area is 101 Å². The molecule has 88 valence electrons. The Hall–Kier alpha value is -1.89. The van der Waals surface area contributed by atoms with Crippen LogP contribution in [0.4, 0.5) is 5.82 Å². The normalized spacial score (nSPS) is 15.4. The van der Waals surface area contributed by atoms with Crippen LogP contribution in [0.5, 0.6) is 0 Å². The van der Waals surface area contributed by atoms with E-state index in [1.807, 2.05) is 26.0 Å². The molecule has 1 aromatic rings. The Morgan fingerprint density at radius 2 is 2.24 bits per heavy atom. The summed E-state index contributed by atoms with van der Waals surface area (Å²) in [6, 6.07) is 5.84. The van der Waals surface area contributed by atoms with Gasteiger partial charge in [-0.2, -0.15) is 5.26 Å². The molecule has 0 radical (unpaired) electrons. The van der Waals surface area contributed by atoms with E-state index in [0.717, 1.165) is 12.0 Å². The summed E-state index contributed by atoms with van der Waals surface area (Å²) in [7, 11) is 0. The number of pyridine rings is 1. The number of amides is 1. The number of nitrogens with zero attached hydrogens (tertiary/aromatic N) is 3. The van der Waals surface area contributed by atoms with Crippen molar-refractivity contribution in [3.63, 3.8) is 0 Å². The highest BCUT2D eigenvalue weighted by Crippen LogP contribution is 2.24. The number of carbonyl (C=O) groups is 1. The van der Waals surface area contributed by atoms with Crippen molar-refractivity contribution >= 4 is 11.7 Å². The number of aromatic nitrogens is 1. The van der Waals surface area contributed by atoms with Crippen molar-refractivity contribution in [3.05, 3.63) is 23.4 Å². The van der Waals surface area contributed by atoms with Crippen molar-refractivity contribution in [1.29, 1.82) is 5.26 Å². The van der Waals surface area contributed by atoms with Gasteiger partial charge in [-0.3, -0.25) is 9.69 Å². The minimum absolute atomic E-state index is 0.0960. The van der Waals surface area contributed by atoms with E-state index >= 15 is 0 Å². The van der Waals surface area contributed by atoms with E-state index in [2.05, 4.69) is 11.1 Å². The van der Waals surface area contributed by atoms with Crippen LogP contribution in [0.25, 0.3) is 0 Å². The number of anilines is 1. The number of rotatable bonds is 2. The summed E-state index contributed by atoms with van der Waals surface area (Å²) in [6.45, 7) is 4.76. The van der Waals surface area contributed by atoms with Crippen molar-refractivity contribution < 1.29 is 4.79 Å². The molecule has 2 rings (SSSR count). The van der Waals surface area contributed by atoms with E-state index in [0.29, 0.717) is 24.5 Å². The van der Waals surface area contributed by atoms with Gasteiger partial charge in [0.25, 0.3) is 0 Å². The fourth-order valence-electron chi connectivity index (χ4n) is 2.06. The third kappa shape index (κ3) is 2.14. The maximum absolute atomic E-state index is 11.6. The molecule has 1 fully saturated rings. The molecule has 1 amide bonds. The first-order valence-electron chi connectivity index (χ1n) is 5.85. The van der Waals surface area contributed by atoms with Crippen LogP contribution in [-0.2, 0) is 4.79 Å². The molecule has 0 atom stereocenters. The van der Waals surface area contributed by atoms with Gasteiger partial charge in [0.05, 0.1) is 0 Å². The van der Waals surface area contributed by atoms with Crippen LogP contribution in [0.15, 0.2) is 12.1 Å². The zero-order valence-electron chi connectivity index (χ0n) is 10.1. The fourth-order valence-corrected chi connectivity index (χ4v) is 2.06. The van der Waals surface area contributed by atoms with Gasteiger partial charge in [-0.15, -0.1) is 0 Å². The summed E-state index contributed by atoms with van der Waals surface area (Å²) >= 11 is 0. The lowest BCUT2D eigenvalue weighted by atomic mass is 10.0. The molecule has 1 aliphatic rings. The van der Waals surface area contributed by atoms with E-state index < -0.39 is 0 Å². The second kappa shape index (κ2) is 4.54. The molecular formula is C13H15N3O. The van der Waals surface area contributed by atoms with Crippen molar-refractivity contribution in [3.8, 4) is 6.07 Å². The topological polar surface area (TPSA) is 57.0 Å². The second-order valence-electron chi connectivity index (χ2n) is 4.52. The summed E-state index contributed by atoms with van der Waals surface area (Å²) in [5, 5.41) is 9.08. The van der Waals surface area contributed by atoms with Crippen LogP contribution < -0.4 is 4.90 Å². The average molecular weight is 229 g/mol. The van der Waals surface area contributed by atoms with Crippen LogP contribution in [0, 0.1) is 11.3 Å². The molecule has 0 bridgehead atoms. The molecule has 0 aromatic carbocycles. The molecule has 1 saturated heterocycles. The predicted molar refractivity (Wildman–Crippen MR) is 64.6 cm³/mol. The monoisotopic (exact) mass is 229 g/mol. The summed E-state index contributed by atoms with van der Waals surface area (Å²) < 4.78 is 0. The second-order valence-corrected chi connectivity index (χ2v) is 4.52. The first-order chi connectivity index (χ1) is 8.13. The summed E-state index contributed by atoms with van der Waals surface area (Å²) in [5.41, 5.74) is 1.36. The first-order valence-corrected chi connectivity index (χ1v) is 5.85. The Morgan fingerprint density at radius 1 is 1.47 bits per heavy atom. The zero-order chi connectivity index (χ0) is 12.4. The van der Waals surface area contributed by atoms with Gasteiger partial charge in [-0.05, 0) is 24.0 Å². The minimum atomic E-state index is 0.0960. The number of hydrogen-bond donors (Lipinski definition) is 0. The van der Waals surface area contributed by atoms with Crippen molar-refractivity contribution in [2.45, 2.75) is 32.6 Å². The third-order valence-electron chi connectivity index (χ3n) is 2.99. The molecule has 0 N–H and O–H groups in total. The largest absolute Gasteiger partial charge is 0.297 e. The van der Waals surface area contributed by atoms with Crippen LogP contribution in [0.1, 0.15) is 43.9 Å². The first kappa shape index (κ1) is 11.6. The van der Waals surface area contributed by atoms with E-state index in [9.17, 15) is 4.79 Å². The van der Waals surface area contributed by atoms with E-state index in [1.54, 1.807) is 4.90 Å². The molecule has 0 spiro atoms. The fraction of sp³-hybridized carbons (Fsp3) is 0.462. The lowest BCUT2D eigenvalue weighted by Crippen LogP contribution is -2.25. The quantitative estimate of drug-likeness (QED) is 0.781. The lowest BCUT2D eigenvalue weighted by molar-refractivity contribution is -0.117. The Kier molecular flexibility index (Phi) is 3.10. The molecular weight excluding hydrogens is 214 g/mol. The van der Waals surface area contributed by atoms with Crippen LogP contribution in [0.2, 0.25) is 0 Å². The van der Waals surface area contributed by atoms with Gasteiger partial charge in [0, 0.05) is 13.0 Å². The molecule has 4 heteroatoms. The van der Waals surface area contributed by atoms with Crippen LogP contribution in [-0.4, -0.2) is 17.4 Å². The Morgan fingerprint density at radius 3 is 2.76 bits per heavy atom. The van der Waals surface area contributed by atoms with Crippen LogP contribution >= 0.6 is 0 Å². The maximum atomic E-state index is 11.6. The van der Waals surface area contributed by atoms with Crippen molar-refractivity contribution in [1.82, 2.24) is 4.98 Å². The van der Waals surface area contributed by atoms with Crippen LogP contribution in [0.3, 0.4) is 0 Å². The number of carbonyl (C=O) groups excluding carboxylic acids is 1. The average Bonchev–Trinajstić information content (AvgIpc) is 2.74. The van der Waals surface area contributed by atoms with Gasteiger partial charge >= 0.3 is 0 Å². The molecule has 0 aliphatic carbocycles. The molecule has 1 aliphatic heterocycles. The number of hydrogen-bond acceptors (Lipinski definition) is 3. The van der Waals surface area contributed by atoms with Crippen molar-refractivity contribution in [2.75, 3.05) is 11.4 Å². The van der Waals surface area contributed by atoms with Gasteiger partial charge < -0.3 is 0 Å². The highest BCUT2D eigenvalue weighted by molar-refractivity contribution is 5.94. The standard InChI is InChI=1S/C13H15N3O/c1-9(2)10-5-6-12(15-11(10)8-14)16-7-3-4-13(16)17/h5-6,9H,3-4,7H2,1-2H3. The third-order valence-corrected chi connectivity index (χ3v) is 2.99. The van der Waals surface area contributed by atoms with Gasteiger partial charge in [-0.25, -0.2) is 4.98 Å². The maximum Gasteiger partial charge on any atom is 0.228 e.